The lowest BCUT2D eigenvalue weighted by Crippen LogP contribution is -2.46. The molecule has 2 aliphatic heterocycles. The van der Waals surface area contributed by atoms with Crippen molar-refractivity contribution in [3.05, 3.63) is 76.7 Å². The van der Waals surface area contributed by atoms with Crippen LogP contribution in [0.4, 0.5) is 10.2 Å². The highest BCUT2D eigenvalue weighted by atomic mass is 32.2. The molecule has 0 saturated carbocycles. The van der Waals surface area contributed by atoms with Crippen LogP contribution in [0.25, 0.3) is 5.69 Å². The number of aryl methyl sites for hydroxylation is 1. The Morgan fingerprint density at radius 3 is 2.41 bits per heavy atom. The standard InChI is InChI=1S/C31H37FN4O2S/c1-20-14-16-34(17-15-20)25(37)18-35-26(38)19-39-28(22-11-7-8-12-23(22)32)27-29(31(3,4)5)33-36(30(27)35)24-13-9-6-10-21(24)2/h6-13,20,28H,14-19H2,1-5H3/t28-/m1/s1. The van der Waals surface area contributed by atoms with Crippen molar-refractivity contribution in [2.24, 2.45) is 5.92 Å². The number of rotatable bonds is 4. The summed E-state index contributed by atoms with van der Waals surface area (Å²) < 4.78 is 17.1. The molecule has 5 rings (SSSR count). The van der Waals surface area contributed by atoms with E-state index < -0.39 is 10.7 Å². The van der Waals surface area contributed by atoms with Crippen LogP contribution in [0.15, 0.2) is 48.5 Å². The van der Waals surface area contributed by atoms with Crippen LogP contribution in [0.3, 0.4) is 0 Å². The number of halogens is 1. The first-order chi connectivity index (χ1) is 18.6. The molecule has 0 N–H and O–H groups in total. The zero-order chi connectivity index (χ0) is 27.9. The lowest BCUT2D eigenvalue weighted by molar-refractivity contribution is -0.132. The number of benzene rings is 2. The van der Waals surface area contributed by atoms with Gasteiger partial charge in [-0.2, -0.15) is 5.10 Å². The molecule has 39 heavy (non-hydrogen) atoms. The fraction of sp³-hybridized carbons (Fsp3) is 0.452. The van der Waals surface area contributed by atoms with Crippen molar-refractivity contribution in [1.29, 1.82) is 0 Å². The van der Waals surface area contributed by atoms with Crippen molar-refractivity contribution in [3.63, 3.8) is 0 Å². The second kappa shape index (κ2) is 10.8. The minimum absolute atomic E-state index is 0.0636. The Labute approximate surface area is 234 Å². The molecule has 0 bridgehead atoms. The quantitative estimate of drug-likeness (QED) is 0.399. The number of fused-ring (bicyclic) bond motifs is 1. The van der Waals surface area contributed by atoms with Gasteiger partial charge in [-0.1, -0.05) is 64.1 Å². The molecular formula is C31H37FN4O2S. The third kappa shape index (κ3) is 5.36. The number of aromatic nitrogens is 2. The van der Waals surface area contributed by atoms with E-state index >= 15 is 4.39 Å². The van der Waals surface area contributed by atoms with Crippen molar-refractivity contribution in [1.82, 2.24) is 14.7 Å². The topological polar surface area (TPSA) is 58.4 Å². The Bertz CT molecular complexity index is 1390. The molecule has 8 heteroatoms. The van der Waals surface area contributed by atoms with Crippen LogP contribution >= 0.6 is 11.8 Å². The predicted octanol–water partition coefficient (Wildman–Crippen LogP) is 6.05. The van der Waals surface area contributed by atoms with E-state index in [-0.39, 0.29) is 29.9 Å². The summed E-state index contributed by atoms with van der Waals surface area (Å²) in [4.78, 5) is 30.9. The molecule has 0 radical (unpaired) electrons. The molecule has 0 unspecified atom stereocenters. The van der Waals surface area contributed by atoms with Gasteiger partial charge in [-0.05, 0) is 43.4 Å². The van der Waals surface area contributed by atoms with E-state index in [9.17, 15) is 9.59 Å². The van der Waals surface area contributed by atoms with Gasteiger partial charge < -0.3 is 4.90 Å². The van der Waals surface area contributed by atoms with Gasteiger partial charge >= 0.3 is 0 Å². The zero-order valence-electron chi connectivity index (χ0n) is 23.4. The molecule has 3 aromatic rings. The molecule has 2 aromatic carbocycles. The molecule has 1 fully saturated rings. The summed E-state index contributed by atoms with van der Waals surface area (Å²) in [6, 6.07) is 14.6. The third-order valence-corrected chi connectivity index (χ3v) is 9.00. The van der Waals surface area contributed by atoms with E-state index in [1.165, 1.54) is 17.8 Å². The van der Waals surface area contributed by atoms with E-state index in [1.54, 1.807) is 17.0 Å². The van der Waals surface area contributed by atoms with Gasteiger partial charge in [-0.3, -0.25) is 14.5 Å². The summed E-state index contributed by atoms with van der Waals surface area (Å²) in [6.45, 7) is 11.8. The van der Waals surface area contributed by atoms with E-state index in [4.69, 9.17) is 5.10 Å². The summed E-state index contributed by atoms with van der Waals surface area (Å²) in [7, 11) is 0. The number of para-hydroxylation sites is 1. The normalized spacial score (nSPS) is 18.7. The number of hydrogen-bond acceptors (Lipinski definition) is 4. The van der Waals surface area contributed by atoms with E-state index in [0.717, 1.165) is 35.3 Å². The van der Waals surface area contributed by atoms with Crippen LogP contribution in [-0.4, -0.2) is 51.9 Å². The minimum Gasteiger partial charge on any atom is -0.341 e. The molecule has 1 saturated heterocycles. The van der Waals surface area contributed by atoms with Gasteiger partial charge in [-0.15, -0.1) is 11.8 Å². The average Bonchev–Trinajstić information content (AvgIpc) is 3.23. The second-order valence-electron chi connectivity index (χ2n) is 11.8. The molecule has 206 valence electrons. The second-order valence-corrected chi connectivity index (χ2v) is 12.9. The predicted molar refractivity (Wildman–Crippen MR) is 155 cm³/mol. The third-order valence-electron chi connectivity index (χ3n) is 7.76. The summed E-state index contributed by atoms with van der Waals surface area (Å²) >= 11 is 1.40. The fourth-order valence-electron chi connectivity index (χ4n) is 5.47. The molecule has 1 atom stereocenters. The van der Waals surface area contributed by atoms with Crippen molar-refractivity contribution in [3.8, 4) is 5.69 Å². The number of carbonyl (C=O) groups excluding carboxylic acids is 2. The first-order valence-electron chi connectivity index (χ1n) is 13.7. The van der Waals surface area contributed by atoms with E-state index in [2.05, 4.69) is 27.7 Å². The Balaban J connectivity index is 1.73. The summed E-state index contributed by atoms with van der Waals surface area (Å²) in [6.07, 6.45) is 1.93. The highest BCUT2D eigenvalue weighted by Crippen LogP contribution is 2.49. The average molecular weight is 549 g/mol. The largest absolute Gasteiger partial charge is 0.341 e. The molecule has 2 amide bonds. The summed E-state index contributed by atoms with van der Waals surface area (Å²) in [5, 5.41) is 4.67. The van der Waals surface area contributed by atoms with Crippen molar-refractivity contribution in [2.75, 3.05) is 30.3 Å². The highest BCUT2D eigenvalue weighted by molar-refractivity contribution is 8.00. The van der Waals surface area contributed by atoms with Gasteiger partial charge in [0.2, 0.25) is 11.8 Å². The smallest absolute Gasteiger partial charge is 0.242 e. The van der Waals surface area contributed by atoms with Crippen molar-refractivity contribution < 1.29 is 14.0 Å². The first-order valence-corrected chi connectivity index (χ1v) is 14.7. The molecule has 1 aromatic heterocycles. The SMILES string of the molecule is Cc1ccccc1-n1nc(C(C)(C)C)c2c1N(CC(=O)N1CCC(C)CC1)C(=O)CS[C@@H]2c1ccccc1F. The van der Waals surface area contributed by atoms with E-state index in [1.807, 2.05) is 46.8 Å². The van der Waals surface area contributed by atoms with Crippen molar-refractivity contribution >= 4 is 29.4 Å². The van der Waals surface area contributed by atoms with Crippen LogP contribution in [0.5, 0.6) is 0 Å². The van der Waals surface area contributed by atoms with Crippen LogP contribution in [0, 0.1) is 18.7 Å². The van der Waals surface area contributed by atoms with Gasteiger partial charge in [0.15, 0.2) is 0 Å². The van der Waals surface area contributed by atoms with Gasteiger partial charge in [0.05, 0.1) is 22.4 Å². The highest BCUT2D eigenvalue weighted by Gasteiger charge is 2.41. The van der Waals surface area contributed by atoms with Crippen molar-refractivity contribution in [2.45, 2.75) is 58.1 Å². The molecular weight excluding hydrogens is 511 g/mol. The molecule has 0 spiro atoms. The number of amides is 2. The Morgan fingerprint density at radius 2 is 1.74 bits per heavy atom. The summed E-state index contributed by atoms with van der Waals surface area (Å²) in [5.74, 6) is 0.740. The van der Waals surface area contributed by atoms with Crippen LogP contribution in [0.1, 0.15) is 68.2 Å². The molecule has 2 aliphatic rings. The monoisotopic (exact) mass is 548 g/mol. The van der Waals surface area contributed by atoms with Crippen LogP contribution in [-0.2, 0) is 15.0 Å². The summed E-state index contributed by atoms with van der Waals surface area (Å²) in [5.41, 5.74) is 3.54. The molecule has 6 nitrogen and oxygen atoms in total. The first kappa shape index (κ1) is 27.4. The maximum Gasteiger partial charge on any atom is 0.242 e. The van der Waals surface area contributed by atoms with Gasteiger partial charge in [0, 0.05) is 29.6 Å². The maximum atomic E-state index is 15.3. The number of carbonyl (C=O) groups is 2. The minimum atomic E-state index is -0.451. The Morgan fingerprint density at radius 1 is 1.08 bits per heavy atom. The molecule has 3 heterocycles. The number of nitrogens with zero attached hydrogens (tertiary/aromatic N) is 4. The fourth-order valence-corrected chi connectivity index (χ4v) is 6.69. The van der Waals surface area contributed by atoms with Gasteiger partial charge in [0.25, 0.3) is 0 Å². The van der Waals surface area contributed by atoms with Gasteiger partial charge in [0.1, 0.15) is 18.2 Å². The Hall–Kier alpha value is -3.13. The number of hydrogen-bond donors (Lipinski definition) is 0. The van der Waals surface area contributed by atoms with E-state index in [0.29, 0.717) is 30.4 Å². The van der Waals surface area contributed by atoms with Crippen LogP contribution in [0.2, 0.25) is 0 Å². The number of anilines is 1. The lowest BCUT2D eigenvalue weighted by atomic mass is 9.87. The number of thioether (sulfide) groups is 1. The number of likely N-dealkylation sites (tertiary alicyclic amines) is 1. The zero-order valence-corrected chi connectivity index (χ0v) is 24.2. The van der Waals surface area contributed by atoms with Crippen LogP contribution < -0.4 is 4.90 Å². The maximum absolute atomic E-state index is 15.3. The van der Waals surface area contributed by atoms with Gasteiger partial charge in [-0.25, -0.2) is 9.07 Å². The lowest BCUT2D eigenvalue weighted by Gasteiger charge is -2.32. The number of piperidine rings is 1. The molecule has 0 aliphatic carbocycles. The Kier molecular flexibility index (Phi) is 7.60.